The van der Waals surface area contributed by atoms with Crippen LogP contribution in [-0.4, -0.2) is 28.3 Å². The monoisotopic (exact) mass is 470 g/mol. The van der Waals surface area contributed by atoms with E-state index in [0.29, 0.717) is 23.5 Å². The van der Waals surface area contributed by atoms with E-state index >= 15 is 0 Å². The van der Waals surface area contributed by atoms with E-state index in [0.717, 1.165) is 35.5 Å². The van der Waals surface area contributed by atoms with Gasteiger partial charge in [-0.15, -0.1) is 0 Å². The smallest absolute Gasteiger partial charge is 0.263 e. The molecule has 0 saturated carbocycles. The molecule has 1 aliphatic rings. The van der Waals surface area contributed by atoms with E-state index < -0.39 is 11.7 Å². The van der Waals surface area contributed by atoms with Gasteiger partial charge in [0.05, 0.1) is 16.9 Å². The number of carbonyl (C=O) groups excluding carboxylic acids is 2. The highest BCUT2D eigenvalue weighted by Crippen LogP contribution is 2.39. The number of para-hydroxylation sites is 2. The molecule has 176 valence electrons. The Bertz CT molecular complexity index is 1380. The van der Waals surface area contributed by atoms with Crippen molar-refractivity contribution < 1.29 is 18.7 Å². The third kappa shape index (κ3) is 4.91. The zero-order valence-electron chi connectivity index (χ0n) is 18.8. The molecule has 5 rings (SSSR count). The summed E-state index contributed by atoms with van der Waals surface area (Å²) in [4.78, 5) is 32.8. The van der Waals surface area contributed by atoms with Gasteiger partial charge in [0, 0.05) is 29.6 Å². The standard InChI is InChI=1S/C27H23FN4O3/c28-19-9-4-5-12-22(19)35-16-24(34)32-23-15-17(13-14-29-23)26-27(30-18-7-2-1-3-8-18)25-20(31-26)10-6-11-21(25)33/h1-5,7-9,12-15,30-31H,6,10-11,16H2,(H,29,32,34). The predicted octanol–water partition coefficient (Wildman–Crippen LogP) is 5.50. The number of anilines is 3. The molecule has 3 N–H and O–H groups in total. The van der Waals surface area contributed by atoms with Crippen LogP contribution in [0.5, 0.6) is 5.75 Å². The first-order valence-corrected chi connectivity index (χ1v) is 11.3. The van der Waals surface area contributed by atoms with Crippen LogP contribution in [-0.2, 0) is 11.2 Å². The van der Waals surface area contributed by atoms with Gasteiger partial charge in [-0.1, -0.05) is 30.3 Å². The Kier molecular flexibility index (Phi) is 6.26. The van der Waals surface area contributed by atoms with Crippen LogP contribution < -0.4 is 15.4 Å². The lowest BCUT2D eigenvalue weighted by Crippen LogP contribution is -2.21. The maximum atomic E-state index is 13.7. The molecular formula is C27H23FN4O3. The first-order chi connectivity index (χ1) is 17.1. The van der Waals surface area contributed by atoms with Crippen LogP contribution in [0.1, 0.15) is 28.9 Å². The average molecular weight is 471 g/mol. The Hall–Kier alpha value is -4.46. The summed E-state index contributed by atoms with van der Waals surface area (Å²) < 4.78 is 19.0. The zero-order chi connectivity index (χ0) is 24.2. The predicted molar refractivity (Wildman–Crippen MR) is 132 cm³/mol. The number of ether oxygens (including phenoxy) is 1. The second kappa shape index (κ2) is 9.80. The van der Waals surface area contributed by atoms with E-state index in [1.807, 2.05) is 36.4 Å². The molecule has 0 unspecified atom stereocenters. The number of H-pyrrole nitrogens is 1. The van der Waals surface area contributed by atoms with Gasteiger partial charge in [-0.3, -0.25) is 9.59 Å². The van der Waals surface area contributed by atoms with Crippen molar-refractivity contribution in [1.82, 2.24) is 9.97 Å². The maximum Gasteiger partial charge on any atom is 0.263 e. The Morgan fingerprint density at radius 1 is 1.06 bits per heavy atom. The maximum absolute atomic E-state index is 13.7. The minimum absolute atomic E-state index is 0.00243. The summed E-state index contributed by atoms with van der Waals surface area (Å²) in [7, 11) is 0. The molecular weight excluding hydrogens is 447 g/mol. The van der Waals surface area contributed by atoms with Crippen LogP contribution in [0.4, 0.5) is 21.6 Å². The molecule has 1 aliphatic carbocycles. The van der Waals surface area contributed by atoms with E-state index in [-0.39, 0.29) is 18.1 Å². The van der Waals surface area contributed by atoms with Crippen LogP contribution in [0.2, 0.25) is 0 Å². The Morgan fingerprint density at radius 2 is 1.86 bits per heavy atom. The van der Waals surface area contributed by atoms with Crippen molar-refractivity contribution in [2.45, 2.75) is 19.3 Å². The lowest BCUT2D eigenvalue weighted by atomic mass is 9.95. The minimum atomic E-state index is -0.538. The number of hydrogen-bond acceptors (Lipinski definition) is 5. The number of aryl methyl sites for hydroxylation is 1. The first kappa shape index (κ1) is 22.3. The number of benzene rings is 2. The van der Waals surface area contributed by atoms with Gasteiger partial charge in [-0.05, 0) is 49.2 Å². The Morgan fingerprint density at radius 3 is 2.69 bits per heavy atom. The largest absolute Gasteiger partial charge is 0.481 e. The first-order valence-electron chi connectivity index (χ1n) is 11.3. The topological polar surface area (TPSA) is 96.1 Å². The Balaban J connectivity index is 1.40. The van der Waals surface area contributed by atoms with Gasteiger partial charge in [-0.25, -0.2) is 9.37 Å². The molecule has 0 fully saturated rings. The lowest BCUT2D eigenvalue weighted by molar-refractivity contribution is -0.118. The molecule has 0 bridgehead atoms. The average Bonchev–Trinajstić information content (AvgIpc) is 3.24. The van der Waals surface area contributed by atoms with Gasteiger partial charge in [0.25, 0.3) is 5.91 Å². The van der Waals surface area contributed by atoms with E-state index in [9.17, 15) is 14.0 Å². The number of rotatable bonds is 7. The molecule has 1 amide bonds. The molecule has 0 aliphatic heterocycles. The third-order valence-electron chi connectivity index (χ3n) is 5.74. The summed E-state index contributed by atoms with van der Waals surface area (Å²) in [6, 6.07) is 19.1. The number of fused-ring (bicyclic) bond motifs is 1. The molecule has 0 saturated heterocycles. The van der Waals surface area contributed by atoms with E-state index in [2.05, 4.69) is 20.6 Å². The van der Waals surface area contributed by atoms with Gasteiger partial charge in [0.1, 0.15) is 5.82 Å². The molecule has 0 spiro atoms. The summed E-state index contributed by atoms with van der Waals surface area (Å²) in [6.07, 6.45) is 3.67. The number of pyridine rings is 1. The van der Waals surface area contributed by atoms with Crippen LogP contribution >= 0.6 is 0 Å². The quantitative estimate of drug-likeness (QED) is 0.332. The number of nitrogens with zero attached hydrogens (tertiary/aromatic N) is 1. The molecule has 35 heavy (non-hydrogen) atoms. The fraction of sp³-hybridized carbons (Fsp3) is 0.148. The van der Waals surface area contributed by atoms with E-state index in [1.54, 1.807) is 24.4 Å². The SMILES string of the molecule is O=C(COc1ccccc1F)Nc1cc(-c2[nH]c3c(c2Nc2ccccc2)C(=O)CCC3)ccn1. The number of Topliss-reactive ketones (excluding diaryl/α,β-unsaturated/α-hetero) is 1. The highest BCUT2D eigenvalue weighted by atomic mass is 19.1. The van der Waals surface area contributed by atoms with Crippen molar-refractivity contribution >= 4 is 28.9 Å². The highest BCUT2D eigenvalue weighted by molar-refractivity contribution is 6.07. The van der Waals surface area contributed by atoms with Crippen molar-refractivity contribution in [3.63, 3.8) is 0 Å². The van der Waals surface area contributed by atoms with Gasteiger partial charge < -0.3 is 20.4 Å². The molecule has 7 nitrogen and oxygen atoms in total. The molecule has 0 radical (unpaired) electrons. The molecule has 8 heteroatoms. The molecule has 0 atom stereocenters. The van der Waals surface area contributed by atoms with Crippen LogP contribution in [0.25, 0.3) is 11.3 Å². The molecule has 2 aromatic carbocycles. The summed E-state index contributed by atoms with van der Waals surface area (Å²) >= 11 is 0. The van der Waals surface area contributed by atoms with Crippen molar-refractivity contribution in [1.29, 1.82) is 0 Å². The fourth-order valence-corrected chi connectivity index (χ4v) is 4.14. The molecule has 2 aromatic heterocycles. The number of nitrogens with one attached hydrogen (secondary N) is 3. The van der Waals surface area contributed by atoms with Crippen molar-refractivity contribution in [3.8, 4) is 17.0 Å². The molecule has 2 heterocycles. The van der Waals surface area contributed by atoms with Crippen LogP contribution in [0.3, 0.4) is 0 Å². The minimum Gasteiger partial charge on any atom is -0.481 e. The van der Waals surface area contributed by atoms with Gasteiger partial charge >= 0.3 is 0 Å². The normalized spacial score (nSPS) is 12.7. The summed E-state index contributed by atoms with van der Waals surface area (Å²) in [5.74, 6) is -0.595. The lowest BCUT2D eigenvalue weighted by Gasteiger charge is -2.14. The number of ketones is 1. The van der Waals surface area contributed by atoms with Gasteiger partial charge in [-0.2, -0.15) is 0 Å². The number of hydrogen-bond donors (Lipinski definition) is 3. The number of halogens is 1. The van der Waals surface area contributed by atoms with E-state index in [1.165, 1.54) is 12.1 Å². The Labute approximate surface area is 201 Å². The van der Waals surface area contributed by atoms with Crippen molar-refractivity contribution in [2.24, 2.45) is 0 Å². The molecule has 4 aromatic rings. The van der Waals surface area contributed by atoms with Crippen LogP contribution in [0.15, 0.2) is 72.9 Å². The fourth-order valence-electron chi connectivity index (χ4n) is 4.14. The second-order valence-corrected chi connectivity index (χ2v) is 8.19. The van der Waals surface area contributed by atoms with Crippen molar-refractivity contribution in [2.75, 3.05) is 17.2 Å². The van der Waals surface area contributed by atoms with E-state index in [4.69, 9.17) is 4.74 Å². The number of amides is 1. The van der Waals surface area contributed by atoms with Gasteiger partial charge in [0.15, 0.2) is 24.0 Å². The third-order valence-corrected chi connectivity index (χ3v) is 5.74. The summed E-state index contributed by atoms with van der Waals surface area (Å²) in [5, 5.41) is 6.08. The van der Waals surface area contributed by atoms with Gasteiger partial charge in [0.2, 0.25) is 0 Å². The van der Waals surface area contributed by atoms with Crippen LogP contribution in [0, 0.1) is 5.82 Å². The number of carbonyl (C=O) groups is 2. The summed E-state index contributed by atoms with van der Waals surface area (Å²) in [6.45, 7) is -0.362. The number of aromatic amines is 1. The highest BCUT2D eigenvalue weighted by Gasteiger charge is 2.27. The zero-order valence-corrected chi connectivity index (χ0v) is 18.8. The number of aromatic nitrogens is 2. The summed E-state index contributed by atoms with van der Waals surface area (Å²) in [5.41, 5.74) is 4.65. The van der Waals surface area contributed by atoms with Crippen molar-refractivity contribution in [3.05, 3.63) is 90.0 Å². The second-order valence-electron chi connectivity index (χ2n) is 8.19.